The maximum Gasteiger partial charge on any atom is 0.325 e. The van der Waals surface area contributed by atoms with E-state index in [1.165, 1.54) is 18.2 Å². The number of sulfonamides is 1. The van der Waals surface area contributed by atoms with Gasteiger partial charge in [-0.05, 0) is 62.8 Å². The van der Waals surface area contributed by atoms with Crippen LogP contribution in [0.15, 0.2) is 59.6 Å². The van der Waals surface area contributed by atoms with Crippen LogP contribution < -0.4 is 25.8 Å². The Labute approximate surface area is 238 Å². The molecule has 1 amide bonds. The van der Waals surface area contributed by atoms with Gasteiger partial charge in [-0.25, -0.2) is 8.42 Å². The Hall–Kier alpha value is -3.81. The number of primary amides is 1. The molecule has 0 saturated carbocycles. The Morgan fingerprint density at radius 3 is 2.55 bits per heavy atom. The SMILES string of the molecule is CNC(=S)Nc1ccc(S(=O)(=O)NC(CC(N)=O)C(=O)OC(C)(C)C)c(OCCc2cccc3ncccc23)c1. The number of hydrogen-bond donors (Lipinski definition) is 4. The molecule has 0 spiro atoms. The van der Waals surface area contributed by atoms with Crippen molar-refractivity contribution in [2.75, 3.05) is 19.0 Å². The topological polar surface area (TPSA) is 162 Å². The Bertz CT molecular complexity index is 1500. The lowest BCUT2D eigenvalue weighted by Gasteiger charge is -2.24. The molecule has 0 bridgehead atoms. The molecule has 1 heterocycles. The standard InChI is InChI=1S/C27H33N5O6S2/c1-27(2,3)38-25(34)21(16-24(28)33)32-40(35,36)23-11-10-18(31-26(39)29-4)15-22(23)37-14-12-17-7-5-9-20-19(17)8-6-13-30-20/h5-11,13,15,21,32H,12,14,16H2,1-4H3,(H2,28,33)(H2,29,31,39). The van der Waals surface area contributed by atoms with Crippen molar-refractivity contribution >= 4 is 55.8 Å². The quantitative estimate of drug-likeness (QED) is 0.194. The number of fused-ring (bicyclic) bond motifs is 1. The number of hydrogen-bond acceptors (Lipinski definition) is 8. The monoisotopic (exact) mass is 587 g/mol. The Kier molecular flexibility index (Phi) is 10.0. The second kappa shape index (κ2) is 13.0. The van der Waals surface area contributed by atoms with Crippen LogP contribution in [0.3, 0.4) is 0 Å². The van der Waals surface area contributed by atoms with Gasteiger partial charge >= 0.3 is 5.97 Å². The first-order valence-corrected chi connectivity index (χ1v) is 14.3. The average molecular weight is 588 g/mol. The smallest absolute Gasteiger partial charge is 0.325 e. The molecule has 2 aromatic carbocycles. The van der Waals surface area contributed by atoms with Crippen LogP contribution in [0.4, 0.5) is 5.69 Å². The summed E-state index contributed by atoms with van der Waals surface area (Å²) in [5.41, 5.74) is 6.66. The second-order valence-corrected chi connectivity index (χ2v) is 11.9. The number of amides is 1. The number of pyridine rings is 1. The van der Waals surface area contributed by atoms with Gasteiger partial charge in [0, 0.05) is 36.8 Å². The number of aromatic nitrogens is 1. The number of nitrogens with two attached hydrogens (primary N) is 1. The summed E-state index contributed by atoms with van der Waals surface area (Å²) >= 11 is 5.16. The molecule has 0 fully saturated rings. The molecule has 3 aromatic rings. The summed E-state index contributed by atoms with van der Waals surface area (Å²) in [5.74, 6) is -1.80. The van der Waals surface area contributed by atoms with Crippen LogP contribution in [0, 0.1) is 0 Å². The summed E-state index contributed by atoms with van der Waals surface area (Å²) in [7, 11) is -2.74. The zero-order valence-electron chi connectivity index (χ0n) is 22.7. The van der Waals surface area contributed by atoms with Crippen molar-refractivity contribution in [2.24, 2.45) is 5.73 Å². The number of esters is 1. The van der Waals surface area contributed by atoms with Crippen molar-refractivity contribution in [1.29, 1.82) is 0 Å². The fraction of sp³-hybridized carbons (Fsp3) is 0.333. The molecule has 1 unspecified atom stereocenters. The van der Waals surface area contributed by atoms with Gasteiger partial charge in [-0.3, -0.25) is 14.6 Å². The number of carbonyl (C=O) groups excluding carboxylic acids is 2. The predicted molar refractivity (Wildman–Crippen MR) is 156 cm³/mol. The first kappa shape index (κ1) is 30.7. The largest absolute Gasteiger partial charge is 0.492 e. The molecule has 11 nitrogen and oxygen atoms in total. The van der Waals surface area contributed by atoms with Crippen molar-refractivity contribution in [3.63, 3.8) is 0 Å². The van der Waals surface area contributed by atoms with E-state index in [4.69, 9.17) is 27.4 Å². The Morgan fingerprint density at radius 2 is 1.88 bits per heavy atom. The van der Waals surface area contributed by atoms with E-state index in [9.17, 15) is 18.0 Å². The molecule has 1 aromatic heterocycles. The highest BCUT2D eigenvalue weighted by Crippen LogP contribution is 2.29. The fourth-order valence-electron chi connectivity index (χ4n) is 3.77. The van der Waals surface area contributed by atoms with E-state index >= 15 is 0 Å². The molecular weight excluding hydrogens is 554 g/mol. The van der Waals surface area contributed by atoms with Crippen molar-refractivity contribution in [3.05, 3.63) is 60.3 Å². The van der Waals surface area contributed by atoms with E-state index in [1.54, 1.807) is 34.0 Å². The molecular formula is C27H33N5O6S2. The molecule has 13 heteroatoms. The van der Waals surface area contributed by atoms with Crippen LogP contribution in [0.5, 0.6) is 5.75 Å². The number of thiocarbonyl (C=S) groups is 1. The van der Waals surface area contributed by atoms with E-state index in [0.717, 1.165) is 16.5 Å². The van der Waals surface area contributed by atoms with Crippen LogP contribution in [-0.2, 0) is 30.8 Å². The number of carbonyl (C=O) groups is 2. The molecule has 0 aliphatic carbocycles. The Morgan fingerprint density at radius 1 is 1.12 bits per heavy atom. The lowest BCUT2D eigenvalue weighted by molar-refractivity contribution is -0.157. The molecule has 40 heavy (non-hydrogen) atoms. The summed E-state index contributed by atoms with van der Waals surface area (Å²) in [6.07, 6.45) is 1.59. The number of nitrogens with zero attached hydrogens (tertiary/aromatic N) is 1. The summed E-state index contributed by atoms with van der Waals surface area (Å²) in [4.78, 5) is 28.5. The normalized spacial score (nSPS) is 12.4. The third kappa shape index (κ3) is 8.60. The first-order valence-electron chi connectivity index (χ1n) is 12.4. The molecule has 5 N–H and O–H groups in total. The average Bonchev–Trinajstić information content (AvgIpc) is 2.87. The minimum Gasteiger partial charge on any atom is -0.492 e. The van der Waals surface area contributed by atoms with Gasteiger partial charge in [-0.1, -0.05) is 18.2 Å². The first-order chi connectivity index (χ1) is 18.8. The fourth-order valence-corrected chi connectivity index (χ4v) is 5.20. The molecule has 214 valence electrons. The van der Waals surface area contributed by atoms with Gasteiger partial charge in [-0.2, -0.15) is 4.72 Å². The summed E-state index contributed by atoms with van der Waals surface area (Å²) in [6.45, 7) is 5.01. The van der Waals surface area contributed by atoms with Crippen LogP contribution >= 0.6 is 12.2 Å². The number of anilines is 1. The summed E-state index contributed by atoms with van der Waals surface area (Å²) in [5, 5.41) is 6.99. The van der Waals surface area contributed by atoms with Crippen molar-refractivity contribution in [1.82, 2.24) is 15.0 Å². The highest BCUT2D eigenvalue weighted by Gasteiger charge is 2.32. The lowest BCUT2D eigenvalue weighted by atomic mass is 10.1. The molecule has 0 saturated heterocycles. The minimum absolute atomic E-state index is 0.0109. The third-order valence-corrected chi connectivity index (χ3v) is 7.29. The highest BCUT2D eigenvalue weighted by molar-refractivity contribution is 7.89. The van der Waals surface area contributed by atoms with E-state index in [0.29, 0.717) is 17.2 Å². The van der Waals surface area contributed by atoms with Crippen molar-refractivity contribution in [3.8, 4) is 5.75 Å². The van der Waals surface area contributed by atoms with Gasteiger partial charge in [0.25, 0.3) is 0 Å². The van der Waals surface area contributed by atoms with E-state index in [2.05, 4.69) is 20.3 Å². The summed E-state index contributed by atoms with van der Waals surface area (Å²) < 4.78 is 40.5. The van der Waals surface area contributed by atoms with E-state index in [-0.39, 0.29) is 17.3 Å². The molecule has 0 aliphatic rings. The lowest BCUT2D eigenvalue weighted by Crippen LogP contribution is -2.46. The molecule has 0 radical (unpaired) electrons. The third-order valence-electron chi connectivity index (χ3n) is 5.48. The zero-order chi connectivity index (χ0) is 29.5. The molecule has 0 aliphatic heterocycles. The van der Waals surface area contributed by atoms with E-state index < -0.39 is 40.0 Å². The van der Waals surface area contributed by atoms with Crippen molar-refractivity contribution in [2.45, 2.75) is 50.2 Å². The second-order valence-electron chi connectivity index (χ2n) is 9.83. The maximum absolute atomic E-state index is 13.5. The summed E-state index contributed by atoms with van der Waals surface area (Å²) in [6, 6.07) is 12.3. The maximum atomic E-state index is 13.5. The van der Waals surface area contributed by atoms with Gasteiger partial charge in [0.2, 0.25) is 15.9 Å². The van der Waals surface area contributed by atoms with Gasteiger partial charge in [-0.15, -0.1) is 0 Å². The van der Waals surface area contributed by atoms with Crippen molar-refractivity contribution < 1.29 is 27.5 Å². The molecule has 3 rings (SSSR count). The van der Waals surface area contributed by atoms with Gasteiger partial charge in [0.05, 0.1) is 18.5 Å². The van der Waals surface area contributed by atoms with Gasteiger partial charge in [0.15, 0.2) is 5.11 Å². The number of rotatable bonds is 11. The zero-order valence-corrected chi connectivity index (χ0v) is 24.3. The van der Waals surface area contributed by atoms with E-state index in [1.807, 2.05) is 30.3 Å². The molecule has 1 atom stereocenters. The number of ether oxygens (including phenoxy) is 2. The van der Waals surface area contributed by atoms with Gasteiger partial charge < -0.3 is 25.8 Å². The Balaban J connectivity index is 1.91. The van der Waals surface area contributed by atoms with Crippen LogP contribution in [0.1, 0.15) is 32.8 Å². The number of benzene rings is 2. The van der Waals surface area contributed by atoms with Crippen LogP contribution in [-0.4, -0.2) is 55.7 Å². The predicted octanol–water partition coefficient (Wildman–Crippen LogP) is 2.64. The van der Waals surface area contributed by atoms with Gasteiger partial charge in [0.1, 0.15) is 22.3 Å². The minimum atomic E-state index is -4.39. The van der Waals surface area contributed by atoms with Crippen LogP contribution in [0.25, 0.3) is 10.9 Å². The number of nitrogens with one attached hydrogen (secondary N) is 3. The highest BCUT2D eigenvalue weighted by atomic mass is 32.2. The van der Waals surface area contributed by atoms with Crippen LogP contribution in [0.2, 0.25) is 0 Å².